The van der Waals surface area contributed by atoms with Crippen LogP contribution in [0, 0.1) is 0 Å². The van der Waals surface area contributed by atoms with Crippen LogP contribution < -0.4 is 5.32 Å². The van der Waals surface area contributed by atoms with E-state index in [-0.39, 0.29) is 11.5 Å². The molecule has 1 aromatic rings. The Hall–Kier alpha value is -1.33. The maximum Gasteiger partial charge on any atom is 0.341 e. The SMILES string of the molecule is COC(=O)c1coc(CNCC(C)(C)N(C)C)c1. The third kappa shape index (κ3) is 3.85. The van der Waals surface area contributed by atoms with Gasteiger partial charge in [-0.15, -0.1) is 0 Å². The number of ether oxygens (including phenoxy) is 1. The van der Waals surface area contributed by atoms with Gasteiger partial charge in [-0.2, -0.15) is 0 Å². The van der Waals surface area contributed by atoms with Gasteiger partial charge in [-0.25, -0.2) is 4.79 Å². The number of likely N-dealkylation sites (N-methyl/N-ethyl adjacent to an activating group) is 1. The largest absolute Gasteiger partial charge is 0.467 e. The highest BCUT2D eigenvalue weighted by Gasteiger charge is 2.19. The molecule has 18 heavy (non-hydrogen) atoms. The number of esters is 1. The topological polar surface area (TPSA) is 54.7 Å². The van der Waals surface area contributed by atoms with E-state index in [4.69, 9.17) is 4.42 Å². The molecular formula is C13H22N2O3. The zero-order valence-corrected chi connectivity index (χ0v) is 11.7. The Kier molecular flexibility index (Phi) is 4.93. The number of methoxy groups -OCH3 is 1. The van der Waals surface area contributed by atoms with Gasteiger partial charge >= 0.3 is 5.97 Å². The fourth-order valence-corrected chi connectivity index (χ4v) is 1.35. The molecule has 5 heteroatoms. The second kappa shape index (κ2) is 6.02. The number of nitrogens with one attached hydrogen (secondary N) is 1. The first-order valence-corrected chi connectivity index (χ1v) is 5.90. The summed E-state index contributed by atoms with van der Waals surface area (Å²) >= 11 is 0. The molecule has 0 aromatic carbocycles. The zero-order chi connectivity index (χ0) is 13.8. The van der Waals surface area contributed by atoms with Gasteiger partial charge in [0.1, 0.15) is 12.0 Å². The van der Waals surface area contributed by atoms with E-state index in [1.807, 2.05) is 14.1 Å². The highest BCUT2D eigenvalue weighted by atomic mass is 16.5. The number of carbonyl (C=O) groups is 1. The number of furan rings is 1. The first-order chi connectivity index (χ1) is 8.36. The maximum atomic E-state index is 11.2. The second-order valence-electron chi connectivity index (χ2n) is 5.10. The van der Waals surface area contributed by atoms with E-state index >= 15 is 0 Å². The first kappa shape index (κ1) is 14.7. The molecule has 0 radical (unpaired) electrons. The van der Waals surface area contributed by atoms with Gasteiger partial charge in [0.2, 0.25) is 0 Å². The second-order valence-corrected chi connectivity index (χ2v) is 5.10. The molecule has 0 aliphatic heterocycles. The Balaban J connectivity index is 2.45. The minimum absolute atomic E-state index is 0.0672. The Bertz CT molecular complexity index is 397. The van der Waals surface area contributed by atoms with Gasteiger partial charge in [-0.1, -0.05) is 0 Å². The lowest BCUT2D eigenvalue weighted by Crippen LogP contribution is -2.46. The minimum atomic E-state index is -0.376. The van der Waals surface area contributed by atoms with Gasteiger partial charge in [-0.05, 0) is 34.0 Å². The van der Waals surface area contributed by atoms with Crippen molar-refractivity contribution in [1.82, 2.24) is 10.2 Å². The normalized spacial score (nSPS) is 11.9. The van der Waals surface area contributed by atoms with Crippen LogP contribution in [0.1, 0.15) is 30.0 Å². The maximum absolute atomic E-state index is 11.2. The van der Waals surface area contributed by atoms with Crippen LogP contribution >= 0.6 is 0 Å². The van der Waals surface area contributed by atoms with Gasteiger partial charge < -0.3 is 19.4 Å². The quantitative estimate of drug-likeness (QED) is 0.780. The summed E-state index contributed by atoms with van der Waals surface area (Å²) in [6, 6.07) is 1.70. The summed E-state index contributed by atoms with van der Waals surface area (Å²) in [7, 11) is 5.45. The third-order valence-electron chi connectivity index (χ3n) is 3.14. The average Bonchev–Trinajstić information content (AvgIpc) is 2.76. The molecular weight excluding hydrogens is 232 g/mol. The molecule has 1 N–H and O–H groups in total. The summed E-state index contributed by atoms with van der Waals surface area (Å²) in [6.45, 7) is 5.73. The van der Waals surface area contributed by atoms with E-state index in [2.05, 4.69) is 28.8 Å². The predicted octanol–water partition coefficient (Wildman–Crippen LogP) is 1.50. The molecule has 0 bridgehead atoms. The van der Waals surface area contributed by atoms with Crippen molar-refractivity contribution < 1.29 is 13.9 Å². The van der Waals surface area contributed by atoms with E-state index < -0.39 is 0 Å². The van der Waals surface area contributed by atoms with Crippen LogP contribution in [0.25, 0.3) is 0 Å². The summed E-state index contributed by atoms with van der Waals surface area (Å²) in [5.74, 6) is 0.351. The smallest absolute Gasteiger partial charge is 0.341 e. The number of rotatable bonds is 6. The molecule has 102 valence electrons. The Morgan fingerprint density at radius 3 is 2.72 bits per heavy atom. The van der Waals surface area contributed by atoms with Crippen molar-refractivity contribution in [3.8, 4) is 0 Å². The van der Waals surface area contributed by atoms with Gasteiger partial charge in [-0.3, -0.25) is 0 Å². The lowest BCUT2D eigenvalue weighted by Gasteiger charge is -2.32. The van der Waals surface area contributed by atoms with Crippen LogP contribution in [0.5, 0.6) is 0 Å². The van der Waals surface area contributed by atoms with E-state index in [0.29, 0.717) is 12.1 Å². The molecule has 0 saturated heterocycles. The predicted molar refractivity (Wildman–Crippen MR) is 69.5 cm³/mol. The molecule has 0 atom stereocenters. The fourth-order valence-electron chi connectivity index (χ4n) is 1.35. The molecule has 0 amide bonds. The highest BCUT2D eigenvalue weighted by molar-refractivity contribution is 5.88. The molecule has 1 heterocycles. The van der Waals surface area contributed by atoms with Crippen molar-refractivity contribution in [1.29, 1.82) is 0 Å². The standard InChI is InChI=1S/C13H22N2O3/c1-13(2,15(3)4)9-14-7-11-6-10(8-18-11)12(16)17-5/h6,8,14H,7,9H2,1-5H3. The first-order valence-electron chi connectivity index (χ1n) is 5.90. The van der Waals surface area contributed by atoms with Crippen LogP contribution in [0.2, 0.25) is 0 Å². The molecule has 0 fully saturated rings. The molecule has 1 aromatic heterocycles. The van der Waals surface area contributed by atoms with Crippen LogP contribution in [-0.2, 0) is 11.3 Å². The van der Waals surface area contributed by atoms with Crippen LogP contribution in [0.3, 0.4) is 0 Å². The van der Waals surface area contributed by atoms with Crippen molar-refractivity contribution in [3.05, 3.63) is 23.7 Å². The molecule has 5 nitrogen and oxygen atoms in total. The third-order valence-corrected chi connectivity index (χ3v) is 3.14. The van der Waals surface area contributed by atoms with E-state index in [0.717, 1.165) is 12.3 Å². The van der Waals surface area contributed by atoms with Crippen molar-refractivity contribution in [2.45, 2.75) is 25.9 Å². The Labute approximate surface area is 108 Å². The van der Waals surface area contributed by atoms with Crippen molar-refractivity contribution in [2.24, 2.45) is 0 Å². The van der Waals surface area contributed by atoms with Gasteiger partial charge in [0, 0.05) is 12.1 Å². The number of hydrogen-bond donors (Lipinski definition) is 1. The Morgan fingerprint density at radius 2 is 2.17 bits per heavy atom. The average molecular weight is 254 g/mol. The lowest BCUT2D eigenvalue weighted by molar-refractivity contribution is 0.0600. The number of hydrogen-bond acceptors (Lipinski definition) is 5. The molecule has 0 unspecified atom stereocenters. The van der Waals surface area contributed by atoms with Crippen LogP contribution in [0.4, 0.5) is 0 Å². The van der Waals surface area contributed by atoms with E-state index in [9.17, 15) is 4.79 Å². The monoisotopic (exact) mass is 254 g/mol. The summed E-state index contributed by atoms with van der Waals surface area (Å²) in [5.41, 5.74) is 0.513. The number of nitrogens with zero attached hydrogens (tertiary/aromatic N) is 1. The van der Waals surface area contributed by atoms with Crippen molar-refractivity contribution in [2.75, 3.05) is 27.7 Å². The summed E-state index contributed by atoms with van der Waals surface area (Å²) in [6.07, 6.45) is 1.42. The zero-order valence-electron chi connectivity index (χ0n) is 11.7. The van der Waals surface area contributed by atoms with Crippen LogP contribution in [-0.4, -0.2) is 44.2 Å². The van der Waals surface area contributed by atoms with Gasteiger partial charge in [0.05, 0.1) is 19.2 Å². The fraction of sp³-hybridized carbons (Fsp3) is 0.615. The number of carbonyl (C=O) groups excluding carboxylic acids is 1. The summed E-state index contributed by atoms with van der Waals surface area (Å²) < 4.78 is 9.90. The molecule has 1 rings (SSSR count). The molecule has 0 aliphatic carbocycles. The summed E-state index contributed by atoms with van der Waals surface area (Å²) in [4.78, 5) is 13.4. The molecule has 0 saturated carbocycles. The minimum Gasteiger partial charge on any atom is -0.467 e. The van der Waals surface area contributed by atoms with Crippen molar-refractivity contribution >= 4 is 5.97 Å². The Morgan fingerprint density at radius 1 is 1.50 bits per heavy atom. The van der Waals surface area contributed by atoms with E-state index in [1.54, 1.807) is 6.07 Å². The lowest BCUT2D eigenvalue weighted by atomic mass is 10.0. The van der Waals surface area contributed by atoms with Gasteiger partial charge in [0.25, 0.3) is 0 Å². The van der Waals surface area contributed by atoms with Crippen molar-refractivity contribution in [3.63, 3.8) is 0 Å². The molecule has 0 spiro atoms. The van der Waals surface area contributed by atoms with E-state index in [1.165, 1.54) is 13.4 Å². The summed E-state index contributed by atoms with van der Waals surface area (Å²) in [5, 5.41) is 3.31. The van der Waals surface area contributed by atoms with Gasteiger partial charge in [0.15, 0.2) is 0 Å². The highest BCUT2D eigenvalue weighted by Crippen LogP contribution is 2.11. The van der Waals surface area contributed by atoms with Crippen LogP contribution in [0.15, 0.2) is 16.7 Å². The molecule has 0 aliphatic rings.